The number of hydrogen-bond acceptors (Lipinski definition) is 1. The van der Waals surface area contributed by atoms with Gasteiger partial charge in [-0.3, -0.25) is 0 Å². The lowest BCUT2D eigenvalue weighted by Crippen LogP contribution is -2.10. The molecule has 1 nitrogen and oxygen atoms in total. The maximum Gasteiger partial charge on any atom is 0.0448 e. The van der Waals surface area contributed by atoms with E-state index >= 15 is 0 Å². The lowest BCUT2D eigenvalue weighted by atomic mass is 10.0. The van der Waals surface area contributed by atoms with Crippen LogP contribution >= 0.6 is 0 Å². The van der Waals surface area contributed by atoms with Gasteiger partial charge in [0.1, 0.15) is 0 Å². The van der Waals surface area contributed by atoms with E-state index in [1.54, 1.807) is 0 Å². The molecule has 64 valence electrons. The molecule has 1 aliphatic heterocycles. The number of fused-ring (bicyclic) bond motifs is 3. The molecule has 1 atom stereocenters. The molecule has 0 bridgehead atoms. The molecule has 0 radical (unpaired) electrons. The second kappa shape index (κ2) is 2.25. The molecule has 0 amide bonds. The first-order valence-corrected chi connectivity index (χ1v) is 4.59. The van der Waals surface area contributed by atoms with Crippen molar-refractivity contribution in [2.24, 2.45) is 0 Å². The Kier molecular flexibility index (Phi) is 1.21. The molecule has 13 heavy (non-hydrogen) atoms. The van der Waals surface area contributed by atoms with Gasteiger partial charge in [0.05, 0.1) is 0 Å². The van der Waals surface area contributed by atoms with E-state index < -0.39 is 0 Å². The highest BCUT2D eigenvalue weighted by atomic mass is 15.1. The summed E-state index contributed by atoms with van der Waals surface area (Å²) in [5.41, 5.74) is 4.19. The highest BCUT2D eigenvalue weighted by Gasteiger charge is 2.30. The van der Waals surface area contributed by atoms with Gasteiger partial charge in [0.2, 0.25) is 0 Å². The Morgan fingerprint density at radius 2 is 2.08 bits per heavy atom. The average molecular weight is 169 g/mol. The van der Waals surface area contributed by atoms with Crippen LogP contribution in [0.1, 0.15) is 11.5 Å². The molecule has 0 saturated heterocycles. The molecule has 2 aliphatic rings. The fraction of sp³-hybridized carbons (Fsp3) is 0.167. The summed E-state index contributed by atoms with van der Waals surface area (Å²) >= 11 is 0. The van der Waals surface area contributed by atoms with Crippen molar-refractivity contribution >= 4 is 5.69 Å². The Morgan fingerprint density at radius 3 is 3.00 bits per heavy atom. The van der Waals surface area contributed by atoms with E-state index in [0.717, 1.165) is 0 Å². The van der Waals surface area contributed by atoms with Gasteiger partial charge in [-0.15, -0.1) is 0 Å². The second-order valence-electron chi connectivity index (χ2n) is 3.57. The molecular formula is C12H11N. The Bertz CT molecular complexity index is 415. The first-order chi connectivity index (χ1) is 6.38. The van der Waals surface area contributed by atoms with Crippen molar-refractivity contribution < 1.29 is 0 Å². The van der Waals surface area contributed by atoms with Gasteiger partial charge in [-0.25, -0.2) is 0 Å². The monoisotopic (exact) mass is 169 g/mol. The molecule has 0 aromatic heterocycles. The third-order valence-corrected chi connectivity index (χ3v) is 2.91. The Balaban J connectivity index is 2.25. The highest BCUT2D eigenvalue weighted by Crippen LogP contribution is 2.45. The van der Waals surface area contributed by atoms with E-state index in [0.29, 0.717) is 5.92 Å². The van der Waals surface area contributed by atoms with Crippen LogP contribution in [-0.4, -0.2) is 7.05 Å². The number of nitrogens with zero attached hydrogens (tertiary/aromatic N) is 1. The Hall–Kier alpha value is -1.50. The zero-order valence-corrected chi connectivity index (χ0v) is 7.57. The average Bonchev–Trinajstić information content (AvgIpc) is 2.72. The van der Waals surface area contributed by atoms with Crippen molar-refractivity contribution in [3.8, 4) is 0 Å². The van der Waals surface area contributed by atoms with E-state index in [4.69, 9.17) is 0 Å². The summed E-state index contributed by atoms with van der Waals surface area (Å²) in [6.07, 6.45) is 6.61. The standard InChI is InChI=1S/C12H11N/c1-13-11-7-3-2-5-9(11)10-6-4-8-12(10)13/h2-8,10H,1H3. The minimum Gasteiger partial charge on any atom is -0.347 e. The van der Waals surface area contributed by atoms with E-state index in [1.807, 2.05) is 0 Å². The molecular weight excluding hydrogens is 158 g/mol. The van der Waals surface area contributed by atoms with Crippen molar-refractivity contribution in [3.05, 3.63) is 53.8 Å². The molecule has 3 rings (SSSR count). The van der Waals surface area contributed by atoms with E-state index in [1.165, 1.54) is 16.9 Å². The molecule has 0 fully saturated rings. The Labute approximate surface area is 78.0 Å². The maximum absolute atomic E-state index is 2.28. The molecule has 1 aliphatic carbocycles. The van der Waals surface area contributed by atoms with E-state index in [9.17, 15) is 0 Å². The van der Waals surface area contributed by atoms with Crippen LogP contribution in [0.3, 0.4) is 0 Å². The predicted octanol–water partition coefficient (Wildman–Crippen LogP) is 2.67. The van der Waals surface area contributed by atoms with Crippen molar-refractivity contribution in [1.29, 1.82) is 0 Å². The van der Waals surface area contributed by atoms with Crippen LogP contribution in [0.15, 0.2) is 48.2 Å². The fourth-order valence-corrected chi connectivity index (χ4v) is 2.25. The smallest absolute Gasteiger partial charge is 0.0448 e. The van der Waals surface area contributed by atoms with E-state index in [2.05, 4.69) is 54.4 Å². The molecule has 0 spiro atoms. The summed E-state index contributed by atoms with van der Waals surface area (Å²) < 4.78 is 0. The lowest BCUT2D eigenvalue weighted by molar-refractivity contribution is 1.02. The zero-order chi connectivity index (χ0) is 8.84. The van der Waals surface area contributed by atoms with Gasteiger partial charge in [0.25, 0.3) is 0 Å². The molecule has 1 unspecified atom stereocenters. The van der Waals surface area contributed by atoms with Gasteiger partial charge < -0.3 is 4.90 Å². The topological polar surface area (TPSA) is 3.24 Å². The minimum absolute atomic E-state index is 0.515. The summed E-state index contributed by atoms with van der Waals surface area (Å²) in [5, 5.41) is 0. The number of hydrogen-bond donors (Lipinski definition) is 0. The molecule has 1 aromatic rings. The molecule has 1 aromatic carbocycles. The third kappa shape index (κ3) is 0.765. The van der Waals surface area contributed by atoms with Gasteiger partial charge in [-0.1, -0.05) is 30.4 Å². The number of para-hydroxylation sites is 1. The number of benzene rings is 1. The van der Waals surface area contributed by atoms with Crippen molar-refractivity contribution in [1.82, 2.24) is 0 Å². The van der Waals surface area contributed by atoms with Crippen molar-refractivity contribution in [3.63, 3.8) is 0 Å². The van der Waals surface area contributed by atoms with Crippen LogP contribution in [0, 0.1) is 0 Å². The number of allylic oxidation sites excluding steroid dienone is 3. The fourth-order valence-electron chi connectivity index (χ4n) is 2.25. The van der Waals surface area contributed by atoms with E-state index in [-0.39, 0.29) is 0 Å². The number of likely N-dealkylation sites (N-methyl/N-ethyl adjacent to an activating group) is 1. The van der Waals surface area contributed by atoms with Gasteiger partial charge in [-0.2, -0.15) is 0 Å². The van der Waals surface area contributed by atoms with Crippen LogP contribution < -0.4 is 4.90 Å². The normalized spacial score (nSPS) is 23.0. The quantitative estimate of drug-likeness (QED) is 0.577. The van der Waals surface area contributed by atoms with Gasteiger partial charge in [-0.05, 0) is 17.7 Å². The van der Waals surface area contributed by atoms with Crippen LogP contribution in [0.4, 0.5) is 5.69 Å². The molecule has 1 heterocycles. The summed E-state index contributed by atoms with van der Waals surface area (Å²) in [4.78, 5) is 2.28. The van der Waals surface area contributed by atoms with Crippen LogP contribution in [0.5, 0.6) is 0 Å². The number of anilines is 1. The molecule has 0 N–H and O–H groups in total. The van der Waals surface area contributed by atoms with Crippen LogP contribution in [0.25, 0.3) is 0 Å². The minimum atomic E-state index is 0.515. The predicted molar refractivity (Wildman–Crippen MR) is 54.8 cm³/mol. The molecule has 0 saturated carbocycles. The van der Waals surface area contributed by atoms with Crippen molar-refractivity contribution in [2.75, 3.05) is 11.9 Å². The van der Waals surface area contributed by atoms with Gasteiger partial charge in [0.15, 0.2) is 0 Å². The number of rotatable bonds is 0. The highest BCUT2D eigenvalue weighted by molar-refractivity contribution is 5.70. The largest absolute Gasteiger partial charge is 0.347 e. The van der Waals surface area contributed by atoms with Gasteiger partial charge in [0, 0.05) is 24.4 Å². The summed E-state index contributed by atoms with van der Waals surface area (Å²) in [6, 6.07) is 8.61. The SMILES string of the molecule is CN1C2=CC=CC2c2ccccc21. The first-order valence-electron chi connectivity index (χ1n) is 4.59. The third-order valence-electron chi connectivity index (χ3n) is 2.91. The Morgan fingerprint density at radius 1 is 1.23 bits per heavy atom. The van der Waals surface area contributed by atoms with Crippen molar-refractivity contribution in [2.45, 2.75) is 5.92 Å². The summed E-state index contributed by atoms with van der Waals surface area (Å²) in [6.45, 7) is 0. The summed E-state index contributed by atoms with van der Waals surface area (Å²) in [7, 11) is 2.14. The van der Waals surface area contributed by atoms with Gasteiger partial charge >= 0.3 is 0 Å². The van der Waals surface area contributed by atoms with Crippen LogP contribution in [0.2, 0.25) is 0 Å². The summed E-state index contributed by atoms with van der Waals surface area (Å²) in [5.74, 6) is 0.515. The molecule has 1 heteroatoms. The first kappa shape index (κ1) is 6.96. The lowest BCUT2D eigenvalue weighted by Gasteiger charge is -2.13. The van der Waals surface area contributed by atoms with Crippen LogP contribution in [-0.2, 0) is 0 Å². The zero-order valence-electron chi connectivity index (χ0n) is 7.57. The maximum atomic E-state index is 2.28. The second-order valence-corrected chi connectivity index (χ2v) is 3.57.